The number of nitrogens with zero attached hydrogens (tertiary/aromatic N) is 2. The number of nitrogens with one attached hydrogen (secondary N) is 1. The highest BCUT2D eigenvalue weighted by atomic mass is 16.5. The summed E-state index contributed by atoms with van der Waals surface area (Å²) in [4.78, 5) is 54.1. The monoisotopic (exact) mass is 437 g/mol. The van der Waals surface area contributed by atoms with Gasteiger partial charge in [0, 0.05) is 19.7 Å². The molecular weight excluding hydrogens is 410 g/mol. The van der Waals surface area contributed by atoms with Crippen molar-refractivity contribution in [1.82, 2.24) is 9.80 Å². The fourth-order valence-corrected chi connectivity index (χ4v) is 3.68. The number of benzene rings is 2. The molecule has 8 nitrogen and oxygen atoms in total. The molecule has 1 unspecified atom stereocenters. The summed E-state index contributed by atoms with van der Waals surface area (Å²) in [6.45, 7) is 3.82. The van der Waals surface area contributed by atoms with Gasteiger partial charge >= 0.3 is 0 Å². The van der Waals surface area contributed by atoms with Crippen LogP contribution in [-0.2, 0) is 4.79 Å². The summed E-state index contributed by atoms with van der Waals surface area (Å²) in [7, 11) is 4.71. The van der Waals surface area contributed by atoms with E-state index in [-0.39, 0.29) is 35.1 Å². The lowest BCUT2D eigenvalue weighted by atomic mass is 10.0. The highest BCUT2D eigenvalue weighted by Gasteiger charge is 2.42. The molecule has 8 heteroatoms. The summed E-state index contributed by atoms with van der Waals surface area (Å²) in [5.74, 6) is -1.34. The summed E-state index contributed by atoms with van der Waals surface area (Å²) < 4.78 is 5.33. The molecule has 0 fully saturated rings. The van der Waals surface area contributed by atoms with Crippen LogP contribution in [-0.4, -0.2) is 60.7 Å². The normalized spacial score (nSPS) is 13.8. The number of anilines is 1. The smallest absolute Gasteiger partial charge is 0.262 e. The van der Waals surface area contributed by atoms with Crippen LogP contribution in [0.4, 0.5) is 5.69 Å². The van der Waals surface area contributed by atoms with Crippen LogP contribution in [0, 0.1) is 5.92 Å². The highest BCUT2D eigenvalue weighted by molar-refractivity contribution is 6.23. The summed E-state index contributed by atoms with van der Waals surface area (Å²) >= 11 is 0. The van der Waals surface area contributed by atoms with E-state index in [2.05, 4.69) is 5.32 Å². The lowest BCUT2D eigenvalue weighted by Gasteiger charge is -2.27. The quantitative estimate of drug-likeness (QED) is 0.672. The van der Waals surface area contributed by atoms with Crippen molar-refractivity contribution in [3.63, 3.8) is 0 Å². The molecule has 1 aliphatic rings. The van der Waals surface area contributed by atoms with Crippen molar-refractivity contribution in [2.24, 2.45) is 5.92 Å². The van der Waals surface area contributed by atoms with E-state index < -0.39 is 23.8 Å². The average molecular weight is 437 g/mol. The van der Waals surface area contributed by atoms with E-state index in [0.29, 0.717) is 11.3 Å². The van der Waals surface area contributed by atoms with Crippen LogP contribution in [0.5, 0.6) is 5.75 Å². The number of fused-ring (bicyclic) bond motifs is 1. The predicted octanol–water partition coefficient (Wildman–Crippen LogP) is 3.05. The molecule has 0 radical (unpaired) electrons. The Morgan fingerprint density at radius 3 is 2.12 bits per heavy atom. The molecule has 32 heavy (non-hydrogen) atoms. The maximum absolute atomic E-state index is 13.4. The van der Waals surface area contributed by atoms with Gasteiger partial charge in [-0.15, -0.1) is 0 Å². The van der Waals surface area contributed by atoms with Crippen molar-refractivity contribution in [3.05, 3.63) is 59.2 Å². The van der Waals surface area contributed by atoms with Crippen LogP contribution in [0.2, 0.25) is 0 Å². The molecule has 0 saturated carbocycles. The average Bonchev–Trinajstić information content (AvgIpc) is 3.01. The van der Waals surface area contributed by atoms with Crippen molar-refractivity contribution in [2.75, 3.05) is 26.5 Å². The first-order valence-electron chi connectivity index (χ1n) is 10.3. The van der Waals surface area contributed by atoms with Gasteiger partial charge in [0.25, 0.3) is 17.7 Å². The van der Waals surface area contributed by atoms with E-state index in [0.717, 1.165) is 4.90 Å². The number of ether oxygens (including phenoxy) is 1. The molecule has 2 aromatic carbocycles. The topological polar surface area (TPSA) is 96.0 Å². The Morgan fingerprint density at radius 2 is 1.62 bits per heavy atom. The van der Waals surface area contributed by atoms with Crippen LogP contribution in [0.25, 0.3) is 0 Å². The molecule has 1 heterocycles. The third kappa shape index (κ3) is 4.34. The molecule has 168 valence electrons. The van der Waals surface area contributed by atoms with Gasteiger partial charge in [0.2, 0.25) is 5.91 Å². The first-order valence-corrected chi connectivity index (χ1v) is 10.3. The van der Waals surface area contributed by atoms with Gasteiger partial charge < -0.3 is 15.0 Å². The lowest BCUT2D eigenvalue weighted by Crippen LogP contribution is -2.48. The molecule has 1 atom stereocenters. The van der Waals surface area contributed by atoms with E-state index in [1.807, 2.05) is 13.8 Å². The number of rotatable bonds is 7. The maximum atomic E-state index is 13.4. The van der Waals surface area contributed by atoms with Crippen LogP contribution in [0.15, 0.2) is 42.5 Å². The van der Waals surface area contributed by atoms with E-state index in [1.54, 1.807) is 50.5 Å². The van der Waals surface area contributed by atoms with Crippen molar-refractivity contribution < 1.29 is 23.9 Å². The maximum Gasteiger partial charge on any atom is 0.262 e. The van der Waals surface area contributed by atoms with Gasteiger partial charge in [-0.1, -0.05) is 26.0 Å². The molecule has 0 aromatic heterocycles. The molecule has 4 amide bonds. The van der Waals surface area contributed by atoms with Crippen molar-refractivity contribution >= 4 is 29.3 Å². The van der Waals surface area contributed by atoms with E-state index in [1.165, 1.54) is 18.1 Å². The number of hydrogen-bond acceptors (Lipinski definition) is 5. The highest BCUT2D eigenvalue weighted by Crippen LogP contribution is 2.30. The summed E-state index contributed by atoms with van der Waals surface area (Å²) in [5.41, 5.74) is 1.23. The zero-order valence-corrected chi connectivity index (χ0v) is 18.8. The second-order valence-corrected chi connectivity index (χ2v) is 8.28. The van der Waals surface area contributed by atoms with Gasteiger partial charge in [-0.3, -0.25) is 24.1 Å². The van der Waals surface area contributed by atoms with Gasteiger partial charge in [-0.2, -0.15) is 0 Å². The Morgan fingerprint density at radius 1 is 1.03 bits per heavy atom. The molecular formula is C24H27N3O5. The number of imide groups is 1. The van der Waals surface area contributed by atoms with Crippen molar-refractivity contribution in [1.29, 1.82) is 0 Å². The minimum Gasteiger partial charge on any atom is -0.495 e. The van der Waals surface area contributed by atoms with Crippen LogP contribution >= 0.6 is 0 Å². The summed E-state index contributed by atoms with van der Waals surface area (Å²) in [6, 6.07) is 10.2. The van der Waals surface area contributed by atoms with Crippen LogP contribution in [0.3, 0.4) is 0 Å². The zero-order valence-electron chi connectivity index (χ0n) is 18.8. The van der Waals surface area contributed by atoms with Crippen molar-refractivity contribution in [3.8, 4) is 5.75 Å². The second kappa shape index (κ2) is 9.21. The van der Waals surface area contributed by atoms with Gasteiger partial charge in [-0.25, -0.2) is 0 Å². The van der Waals surface area contributed by atoms with Crippen LogP contribution < -0.4 is 10.1 Å². The SMILES string of the molecule is COc1ccc(C(=O)N(C)C)cc1NC(=O)C(CC(C)C)N1C(=O)c2ccccc2C1=O. The molecule has 0 bridgehead atoms. The Bertz CT molecular complexity index is 1040. The predicted molar refractivity (Wildman–Crippen MR) is 120 cm³/mol. The number of hydrogen-bond donors (Lipinski definition) is 1. The molecule has 1 aliphatic heterocycles. The third-order valence-electron chi connectivity index (χ3n) is 5.24. The Kier molecular flexibility index (Phi) is 6.62. The number of amides is 4. The largest absolute Gasteiger partial charge is 0.495 e. The number of carbonyl (C=O) groups excluding carboxylic acids is 4. The Labute approximate surface area is 187 Å². The van der Waals surface area contributed by atoms with Crippen molar-refractivity contribution in [2.45, 2.75) is 26.3 Å². The lowest BCUT2D eigenvalue weighted by molar-refractivity contribution is -0.120. The number of carbonyl (C=O) groups is 4. The Hall–Kier alpha value is -3.68. The molecule has 3 rings (SSSR count). The standard InChI is InChI=1S/C24H27N3O5/c1-14(2)12-19(27-23(30)16-8-6-7-9-17(16)24(27)31)21(28)25-18-13-15(22(29)26(3)4)10-11-20(18)32-5/h6-11,13-14,19H,12H2,1-5H3,(H,25,28). The third-order valence-corrected chi connectivity index (χ3v) is 5.24. The number of methoxy groups -OCH3 is 1. The minimum absolute atomic E-state index is 0.0404. The van der Waals surface area contributed by atoms with E-state index in [9.17, 15) is 19.2 Å². The molecule has 0 spiro atoms. The molecule has 1 N–H and O–H groups in total. The van der Waals surface area contributed by atoms with Gasteiger partial charge in [-0.05, 0) is 42.7 Å². The van der Waals surface area contributed by atoms with Crippen LogP contribution in [0.1, 0.15) is 51.3 Å². The summed E-state index contributed by atoms with van der Waals surface area (Å²) in [6.07, 6.45) is 0.288. The first-order chi connectivity index (χ1) is 15.1. The second-order valence-electron chi connectivity index (χ2n) is 8.28. The van der Waals surface area contributed by atoms with E-state index in [4.69, 9.17) is 4.74 Å². The fourth-order valence-electron chi connectivity index (χ4n) is 3.68. The molecule has 0 aliphatic carbocycles. The molecule has 2 aromatic rings. The van der Waals surface area contributed by atoms with E-state index >= 15 is 0 Å². The first kappa shape index (κ1) is 23.0. The summed E-state index contributed by atoms with van der Waals surface area (Å²) in [5, 5.41) is 2.77. The zero-order chi connectivity index (χ0) is 23.6. The minimum atomic E-state index is -1.01. The van der Waals surface area contributed by atoms with Gasteiger partial charge in [0.05, 0.1) is 23.9 Å². The van der Waals surface area contributed by atoms with Gasteiger partial charge in [0.15, 0.2) is 0 Å². The molecule has 0 saturated heterocycles. The van der Waals surface area contributed by atoms with Gasteiger partial charge in [0.1, 0.15) is 11.8 Å². The fraction of sp³-hybridized carbons (Fsp3) is 0.333. The Balaban J connectivity index is 1.95.